The van der Waals surface area contributed by atoms with Crippen LogP contribution in [0.5, 0.6) is 0 Å². The molecule has 0 fully saturated rings. The van der Waals surface area contributed by atoms with Crippen molar-refractivity contribution in [3.63, 3.8) is 0 Å². The molecule has 82 valence electrons. The van der Waals surface area contributed by atoms with Crippen molar-refractivity contribution in [1.82, 2.24) is 0 Å². The molecular weight excluding hydrogens is 190 g/mol. The van der Waals surface area contributed by atoms with E-state index in [-0.39, 0.29) is 11.7 Å². The van der Waals surface area contributed by atoms with Gasteiger partial charge in [0.25, 0.3) is 0 Å². The minimum Gasteiger partial charge on any atom is -0.496 e. The van der Waals surface area contributed by atoms with Crippen LogP contribution in [0.4, 0.5) is 0 Å². The Morgan fingerprint density at radius 1 is 1.20 bits per heavy atom. The molecule has 0 saturated carbocycles. The third-order valence-corrected chi connectivity index (χ3v) is 2.06. The van der Waals surface area contributed by atoms with E-state index in [4.69, 9.17) is 14.7 Å². The van der Waals surface area contributed by atoms with E-state index < -0.39 is 0 Å². The molecule has 0 atom stereocenters. The molecule has 0 saturated heterocycles. The van der Waals surface area contributed by atoms with Crippen molar-refractivity contribution in [3.8, 4) is 6.07 Å². The van der Waals surface area contributed by atoms with Crippen molar-refractivity contribution in [2.24, 2.45) is 5.92 Å². The summed E-state index contributed by atoms with van der Waals surface area (Å²) in [5, 5.41) is 8.99. The lowest BCUT2D eigenvalue weighted by Gasteiger charge is -2.15. The minimum atomic E-state index is 0.202. The molecule has 0 amide bonds. The smallest absolute Gasteiger partial charge is 0.143 e. The summed E-state index contributed by atoms with van der Waals surface area (Å²) in [6, 6.07) is 2.01. The van der Waals surface area contributed by atoms with E-state index >= 15 is 0 Å². The van der Waals surface area contributed by atoms with E-state index in [1.165, 1.54) is 14.2 Å². The summed E-state index contributed by atoms with van der Waals surface area (Å²) in [5.74, 6) is 0.934. The van der Waals surface area contributed by atoms with Crippen molar-refractivity contribution >= 4 is 0 Å². The Labute approximate surface area is 91.3 Å². The Morgan fingerprint density at radius 3 is 2.00 bits per heavy atom. The van der Waals surface area contributed by atoms with Crippen LogP contribution in [0.2, 0.25) is 0 Å². The van der Waals surface area contributed by atoms with E-state index in [0.717, 1.165) is 5.57 Å². The van der Waals surface area contributed by atoms with E-state index in [2.05, 4.69) is 13.2 Å². The van der Waals surface area contributed by atoms with Crippen molar-refractivity contribution < 1.29 is 9.47 Å². The highest BCUT2D eigenvalue weighted by atomic mass is 16.5. The van der Waals surface area contributed by atoms with Crippen LogP contribution >= 0.6 is 0 Å². The number of ether oxygens (including phenoxy) is 2. The van der Waals surface area contributed by atoms with Crippen molar-refractivity contribution in [3.05, 3.63) is 35.8 Å². The monoisotopic (exact) mass is 207 g/mol. The van der Waals surface area contributed by atoms with Crippen LogP contribution in [0, 0.1) is 17.2 Å². The predicted molar refractivity (Wildman–Crippen MR) is 59.8 cm³/mol. The molecular formula is C12H17NO2. The molecule has 0 aliphatic carbocycles. The summed E-state index contributed by atoms with van der Waals surface area (Å²) in [5.41, 5.74) is 1.05. The Balaban J connectivity index is 5.38. The maximum absolute atomic E-state index is 8.99. The number of hydrogen-bond donors (Lipinski definition) is 0. The van der Waals surface area contributed by atoms with Gasteiger partial charge >= 0.3 is 0 Å². The maximum atomic E-state index is 8.99. The fraction of sp³-hybridized carbons (Fsp3) is 0.417. The molecule has 15 heavy (non-hydrogen) atoms. The molecule has 0 aliphatic rings. The van der Waals surface area contributed by atoms with Gasteiger partial charge in [-0.05, 0) is 11.5 Å². The van der Waals surface area contributed by atoms with Gasteiger partial charge in [-0.15, -0.1) is 0 Å². The Morgan fingerprint density at radius 2 is 1.73 bits per heavy atom. The first-order valence-electron chi connectivity index (χ1n) is 4.60. The largest absolute Gasteiger partial charge is 0.496 e. The standard InChI is InChI=1S/C12H17NO2/c1-8(2)9(3)12(15-6)11(7-13)10(4)14-5/h8H,3-4H2,1-2,5-6H3/b12-11+. The zero-order valence-electron chi connectivity index (χ0n) is 9.76. The van der Waals surface area contributed by atoms with Gasteiger partial charge < -0.3 is 9.47 Å². The van der Waals surface area contributed by atoms with Crippen molar-refractivity contribution in [2.45, 2.75) is 13.8 Å². The second kappa shape index (κ2) is 5.92. The van der Waals surface area contributed by atoms with Gasteiger partial charge in [-0.3, -0.25) is 0 Å². The molecule has 0 unspecified atom stereocenters. The summed E-state index contributed by atoms with van der Waals surface area (Å²) >= 11 is 0. The Hall–Kier alpha value is -1.69. The Bertz CT molecular complexity index is 332. The minimum absolute atomic E-state index is 0.202. The van der Waals surface area contributed by atoms with Gasteiger partial charge in [-0.2, -0.15) is 5.26 Å². The Kier molecular flexibility index (Phi) is 5.25. The van der Waals surface area contributed by atoms with Crippen LogP contribution < -0.4 is 0 Å². The summed E-state index contributed by atoms with van der Waals surface area (Å²) in [6.07, 6.45) is 0. The molecule has 0 aromatic carbocycles. The van der Waals surface area contributed by atoms with E-state index in [9.17, 15) is 0 Å². The number of nitrogens with zero attached hydrogens (tertiary/aromatic N) is 1. The van der Waals surface area contributed by atoms with E-state index in [1.54, 1.807) is 0 Å². The predicted octanol–water partition coefficient (Wildman–Crippen LogP) is 2.78. The van der Waals surface area contributed by atoms with Crippen LogP contribution in [0.25, 0.3) is 0 Å². The highest BCUT2D eigenvalue weighted by molar-refractivity contribution is 5.46. The van der Waals surface area contributed by atoms with E-state index in [0.29, 0.717) is 11.3 Å². The van der Waals surface area contributed by atoms with Crippen molar-refractivity contribution in [2.75, 3.05) is 14.2 Å². The SMILES string of the molecule is C=C(OC)/C(C#N)=C(/OC)C(=C)C(C)C. The van der Waals surface area contributed by atoms with Crippen molar-refractivity contribution in [1.29, 1.82) is 5.26 Å². The molecule has 0 spiro atoms. The first-order valence-corrected chi connectivity index (χ1v) is 4.60. The third-order valence-electron chi connectivity index (χ3n) is 2.06. The van der Waals surface area contributed by atoms with Gasteiger partial charge in [0.1, 0.15) is 23.2 Å². The average molecular weight is 207 g/mol. The first kappa shape index (κ1) is 13.3. The fourth-order valence-corrected chi connectivity index (χ4v) is 0.998. The van der Waals surface area contributed by atoms with Gasteiger partial charge in [0, 0.05) is 0 Å². The van der Waals surface area contributed by atoms with Crippen LogP contribution in [-0.4, -0.2) is 14.2 Å². The van der Waals surface area contributed by atoms with E-state index in [1.807, 2.05) is 19.9 Å². The molecule has 0 aromatic rings. The highest BCUT2D eigenvalue weighted by Crippen LogP contribution is 2.24. The highest BCUT2D eigenvalue weighted by Gasteiger charge is 2.16. The zero-order chi connectivity index (χ0) is 12.0. The molecule has 0 heterocycles. The molecule has 0 N–H and O–H groups in total. The second-order valence-corrected chi connectivity index (χ2v) is 3.33. The number of rotatable bonds is 5. The van der Waals surface area contributed by atoms with Gasteiger partial charge in [0.2, 0.25) is 0 Å². The maximum Gasteiger partial charge on any atom is 0.143 e. The van der Waals surface area contributed by atoms with Crippen LogP contribution in [-0.2, 0) is 9.47 Å². The zero-order valence-corrected chi connectivity index (χ0v) is 9.76. The van der Waals surface area contributed by atoms with Gasteiger partial charge in [0.15, 0.2) is 0 Å². The molecule has 0 aliphatic heterocycles. The summed E-state index contributed by atoms with van der Waals surface area (Å²) in [4.78, 5) is 0. The van der Waals surface area contributed by atoms with Crippen LogP contribution in [0.15, 0.2) is 35.8 Å². The lowest BCUT2D eigenvalue weighted by Crippen LogP contribution is -2.04. The van der Waals surface area contributed by atoms with Gasteiger partial charge in [0.05, 0.1) is 14.2 Å². The second-order valence-electron chi connectivity index (χ2n) is 3.33. The number of hydrogen-bond acceptors (Lipinski definition) is 3. The summed E-state index contributed by atoms with van der Waals surface area (Å²) in [6.45, 7) is 11.5. The summed E-state index contributed by atoms with van der Waals surface area (Å²) < 4.78 is 10.1. The molecule has 0 radical (unpaired) electrons. The third kappa shape index (κ3) is 3.17. The molecule has 3 heteroatoms. The first-order chi connectivity index (χ1) is 6.99. The van der Waals surface area contributed by atoms with Crippen LogP contribution in [0.1, 0.15) is 13.8 Å². The van der Waals surface area contributed by atoms with Gasteiger partial charge in [-0.1, -0.05) is 27.0 Å². The lowest BCUT2D eigenvalue weighted by atomic mass is 10.00. The number of methoxy groups -OCH3 is 2. The molecule has 3 nitrogen and oxygen atoms in total. The van der Waals surface area contributed by atoms with Crippen LogP contribution in [0.3, 0.4) is 0 Å². The number of allylic oxidation sites excluding steroid dienone is 2. The summed E-state index contributed by atoms with van der Waals surface area (Å²) in [7, 11) is 2.97. The average Bonchev–Trinajstić information content (AvgIpc) is 2.23. The molecule has 0 aromatic heterocycles. The quantitative estimate of drug-likeness (QED) is 0.395. The fourth-order valence-electron chi connectivity index (χ4n) is 0.998. The van der Waals surface area contributed by atoms with Gasteiger partial charge in [-0.25, -0.2) is 0 Å². The molecule has 0 bridgehead atoms. The molecule has 0 rings (SSSR count). The lowest BCUT2D eigenvalue weighted by molar-refractivity contribution is 0.273. The topological polar surface area (TPSA) is 42.2 Å². The number of nitriles is 1. The normalized spacial score (nSPS) is 11.5.